The summed E-state index contributed by atoms with van der Waals surface area (Å²) in [6, 6.07) is 0. The van der Waals surface area contributed by atoms with Crippen molar-refractivity contribution in [2.75, 3.05) is 25.0 Å². The molecule has 0 aliphatic carbocycles. The second-order valence-corrected chi connectivity index (χ2v) is 6.32. The van der Waals surface area contributed by atoms with Gasteiger partial charge in [0.1, 0.15) is 0 Å². The first kappa shape index (κ1) is 12.5. The standard InChI is InChI=1S/C12H24BrN/c1-12(2,3)11-5-4-8-14(9-6-11)10-7-13/h11H,4-10H2,1-3H3. The lowest BCUT2D eigenvalue weighted by Gasteiger charge is -2.29. The molecule has 2 heteroatoms. The first-order valence-corrected chi connectivity index (χ1v) is 6.94. The van der Waals surface area contributed by atoms with Gasteiger partial charge in [-0.2, -0.15) is 0 Å². The van der Waals surface area contributed by atoms with Crippen LogP contribution in [0.1, 0.15) is 40.0 Å². The van der Waals surface area contributed by atoms with Crippen LogP contribution in [0.15, 0.2) is 0 Å². The highest BCUT2D eigenvalue weighted by molar-refractivity contribution is 9.09. The van der Waals surface area contributed by atoms with Crippen LogP contribution in [0.3, 0.4) is 0 Å². The maximum absolute atomic E-state index is 3.52. The topological polar surface area (TPSA) is 3.24 Å². The van der Waals surface area contributed by atoms with Crippen molar-refractivity contribution in [2.24, 2.45) is 11.3 Å². The highest BCUT2D eigenvalue weighted by atomic mass is 79.9. The smallest absolute Gasteiger partial charge is 0.0159 e. The fourth-order valence-corrected chi connectivity index (χ4v) is 2.87. The van der Waals surface area contributed by atoms with Gasteiger partial charge in [0.2, 0.25) is 0 Å². The number of hydrogen-bond acceptors (Lipinski definition) is 1. The average molecular weight is 262 g/mol. The summed E-state index contributed by atoms with van der Waals surface area (Å²) < 4.78 is 0. The van der Waals surface area contributed by atoms with Crippen molar-refractivity contribution < 1.29 is 0 Å². The van der Waals surface area contributed by atoms with Crippen LogP contribution in [-0.4, -0.2) is 29.9 Å². The van der Waals surface area contributed by atoms with E-state index in [1.165, 1.54) is 38.9 Å². The predicted molar refractivity (Wildman–Crippen MR) is 67.0 cm³/mol. The van der Waals surface area contributed by atoms with Gasteiger partial charge in [-0.1, -0.05) is 36.7 Å². The summed E-state index contributed by atoms with van der Waals surface area (Å²) in [5.41, 5.74) is 0.504. The molecule has 0 spiro atoms. The van der Waals surface area contributed by atoms with Crippen LogP contribution < -0.4 is 0 Å². The van der Waals surface area contributed by atoms with Gasteiger partial charge in [0.25, 0.3) is 0 Å². The summed E-state index contributed by atoms with van der Waals surface area (Å²) in [5, 5.41) is 1.12. The second-order valence-electron chi connectivity index (χ2n) is 5.52. The van der Waals surface area contributed by atoms with Crippen molar-refractivity contribution in [1.29, 1.82) is 0 Å². The Morgan fingerprint density at radius 1 is 1.21 bits per heavy atom. The van der Waals surface area contributed by atoms with Crippen molar-refractivity contribution in [3.05, 3.63) is 0 Å². The Morgan fingerprint density at radius 2 is 1.93 bits per heavy atom. The Bertz CT molecular complexity index is 162. The predicted octanol–water partition coefficient (Wildman–Crippen LogP) is 3.53. The Morgan fingerprint density at radius 3 is 2.50 bits per heavy atom. The number of likely N-dealkylation sites (tertiary alicyclic amines) is 1. The summed E-state index contributed by atoms with van der Waals surface area (Å²) in [6.45, 7) is 11.0. The molecule has 0 aromatic carbocycles. The molecule has 84 valence electrons. The maximum Gasteiger partial charge on any atom is 0.0159 e. The van der Waals surface area contributed by atoms with E-state index in [4.69, 9.17) is 0 Å². The summed E-state index contributed by atoms with van der Waals surface area (Å²) >= 11 is 3.52. The van der Waals surface area contributed by atoms with E-state index in [1.54, 1.807) is 0 Å². The van der Waals surface area contributed by atoms with Gasteiger partial charge in [0.05, 0.1) is 0 Å². The van der Waals surface area contributed by atoms with E-state index >= 15 is 0 Å². The third-order valence-corrected chi connectivity index (χ3v) is 3.80. The Balaban J connectivity index is 2.41. The lowest BCUT2D eigenvalue weighted by Crippen LogP contribution is -2.27. The molecule has 0 aromatic rings. The van der Waals surface area contributed by atoms with E-state index in [1.807, 2.05) is 0 Å². The third-order valence-electron chi connectivity index (χ3n) is 3.45. The highest BCUT2D eigenvalue weighted by Gasteiger charge is 2.26. The largest absolute Gasteiger partial charge is 0.302 e. The third kappa shape index (κ3) is 3.90. The van der Waals surface area contributed by atoms with Gasteiger partial charge in [0.15, 0.2) is 0 Å². The van der Waals surface area contributed by atoms with Crippen LogP contribution >= 0.6 is 15.9 Å². The number of halogens is 1. The lowest BCUT2D eigenvalue weighted by atomic mass is 9.77. The molecule has 1 saturated heterocycles. The van der Waals surface area contributed by atoms with Crippen molar-refractivity contribution in [1.82, 2.24) is 4.90 Å². The molecule has 1 aliphatic heterocycles. The molecular weight excluding hydrogens is 238 g/mol. The molecule has 1 atom stereocenters. The summed E-state index contributed by atoms with van der Waals surface area (Å²) in [6.07, 6.45) is 4.19. The number of rotatable bonds is 2. The lowest BCUT2D eigenvalue weighted by molar-refractivity contribution is 0.210. The Kier molecular flexibility index (Phi) is 4.92. The van der Waals surface area contributed by atoms with Crippen LogP contribution in [-0.2, 0) is 0 Å². The van der Waals surface area contributed by atoms with Gasteiger partial charge in [0, 0.05) is 11.9 Å². The molecular formula is C12H24BrN. The molecule has 1 fully saturated rings. The molecule has 1 heterocycles. The van der Waals surface area contributed by atoms with E-state index < -0.39 is 0 Å². The molecule has 14 heavy (non-hydrogen) atoms. The molecule has 1 aliphatic rings. The number of nitrogens with zero attached hydrogens (tertiary/aromatic N) is 1. The Hall–Kier alpha value is 0.440. The van der Waals surface area contributed by atoms with Gasteiger partial charge in [-0.15, -0.1) is 0 Å². The van der Waals surface area contributed by atoms with Crippen LogP contribution in [0, 0.1) is 11.3 Å². The maximum atomic E-state index is 3.52. The first-order valence-electron chi connectivity index (χ1n) is 5.82. The van der Waals surface area contributed by atoms with Gasteiger partial charge in [-0.25, -0.2) is 0 Å². The summed E-state index contributed by atoms with van der Waals surface area (Å²) in [4.78, 5) is 2.60. The minimum Gasteiger partial charge on any atom is -0.302 e. The fourth-order valence-electron chi connectivity index (χ4n) is 2.37. The van der Waals surface area contributed by atoms with E-state index in [2.05, 4.69) is 41.6 Å². The molecule has 0 saturated carbocycles. The zero-order valence-electron chi connectivity index (χ0n) is 9.85. The minimum atomic E-state index is 0.504. The van der Waals surface area contributed by atoms with E-state index in [-0.39, 0.29) is 0 Å². The van der Waals surface area contributed by atoms with Gasteiger partial charge in [-0.05, 0) is 43.7 Å². The van der Waals surface area contributed by atoms with Crippen LogP contribution in [0.4, 0.5) is 0 Å². The van der Waals surface area contributed by atoms with E-state index in [9.17, 15) is 0 Å². The van der Waals surface area contributed by atoms with Crippen molar-refractivity contribution in [2.45, 2.75) is 40.0 Å². The Labute approximate surface area is 97.4 Å². The quantitative estimate of drug-likeness (QED) is 0.688. The number of alkyl halides is 1. The van der Waals surface area contributed by atoms with Crippen molar-refractivity contribution in [3.63, 3.8) is 0 Å². The SMILES string of the molecule is CC(C)(C)C1CCCN(CCBr)CC1. The molecule has 0 radical (unpaired) electrons. The van der Waals surface area contributed by atoms with Gasteiger partial charge < -0.3 is 4.90 Å². The van der Waals surface area contributed by atoms with Gasteiger partial charge >= 0.3 is 0 Å². The average Bonchev–Trinajstić information content (AvgIpc) is 2.29. The van der Waals surface area contributed by atoms with Crippen molar-refractivity contribution in [3.8, 4) is 0 Å². The van der Waals surface area contributed by atoms with E-state index in [0.717, 1.165) is 11.2 Å². The van der Waals surface area contributed by atoms with Crippen LogP contribution in [0.25, 0.3) is 0 Å². The molecule has 0 bridgehead atoms. The molecule has 0 aromatic heterocycles. The second kappa shape index (κ2) is 5.50. The normalized spacial score (nSPS) is 26.1. The van der Waals surface area contributed by atoms with E-state index in [0.29, 0.717) is 5.41 Å². The summed E-state index contributed by atoms with van der Waals surface area (Å²) in [7, 11) is 0. The minimum absolute atomic E-state index is 0.504. The molecule has 0 amide bonds. The van der Waals surface area contributed by atoms with Crippen LogP contribution in [0.5, 0.6) is 0 Å². The molecule has 1 unspecified atom stereocenters. The van der Waals surface area contributed by atoms with Crippen LogP contribution in [0.2, 0.25) is 0 Å². The first-order chi connectivity index (χ1) is 6.54. The fraction of sp³-hybridized carbons (Fsp3) is 1.00. The van der Waals surface area contributed by atoms with Gasteiger partial charge in [-0.3, -0.25) is 0 Å². The monoisotopic (exact) mass is 261 g/mol. The molecule has 0 N–H and O–H groups in total. The van der Waals surface area contributed by atoms with Crippen molar-refractivity contribution >= 4 is 15.9 Å². The summed E-state index contributed by atoms with van der Waals surface area (Å²) in [5.74, 6) is 0.919. The molecule has 1 nitrogen and oxygen atoms in total. The molecule has 1 rings (SSSR count). The number of hydrogen-bond donors (Lipinski definition) is 0. The zero-order chi connectivity index (χ0) is 10.6. The highest BCUT2D eigenvalue weighted by Crippen LogP contribution is 2.34. The zero-order valence-corrected chi connectivity index (χ0v) is 11.4.